The summed E-state index contributed by atoms with van der Waals surface area (Å²) in [5, 5.41) is 3.17. The van der Waals surface area contributed by atoms with Crippen molar-refractivity contribution in [1.82, 2.24) is 5.32 Å². The van der Waals surface area contributed by atoms with Gasteiger partial charge in [0.15, 0.2) is 9.84 Å². The minimum Gasteiger partial charge on any atom is -0.309 e. The Labute approximate surface area is 102 Å². The van der Waals surface area contributed by atoms with Crippen LogP contribution in [0.2, 0.25) is 0 Å². The van der Waals surface area contributed by atoms with Crippen LogP contribution in [-0.2, 0) is 16.3 Å². The van der Waals surface area contributed by atoms with Crippen molar-refractivity contribution in [3.8, 4) is 0 Å². The molecule has 0 aromatic heterocycles. The fraction of sp³-hybridized carbons (Fsp3) is 0.538. The average molecular weight is 251 g/mol. The van der Waals surface area contributed by atoms with Gasteiger partial charge in [0.25, 0.3) is 0 Å². The summed E-state index contributed by atoms with van der Waals surface area (Å²) >= 11 is 0. The van der Waals surface area contributed by atoms with Gasteiger partial charge in [-0.05, 0) is 30.0 Å². The van der Waals surface area contributed by atoms with Crippen LogP contribution in [-0.4, -0.2) is 26.0 Å². The standard InChI is InChI=1S/C13H17NO2S/c1-9-7-14-13-11-5-3-2-4-10(11)6-12(13)17(15,16)8-9/h2-5,9,12-14H,6-8H2,1H3. The third-order valence-corrected chi connectivity index (χ3v) is 6.24. The Balaban J connectivity index is 2.06. The molecule has 2 aliphatic rings. The van der Waals surface area contributed by atoms with Gasteiger partial charge in [-0.2, -0.15) is 0 Å². The van der Waals surface area contributed by atoms with Crippen molar-refractivity contribution in [2.75, 3.05) is 12.3 Å². The second-order valence-electron chi connectivity index (χ2n) is 5.26. The molecule has 1 heterocycles. The third-order valence-electron chi connectivity index (χ3n) is 3.85. The summed E-state index contributed by atoms with van der Waals surface area (Å²) in [5.41, 5.74) is 2.36. The van der Waals surface area contributed by atoms with E-state index in [9.17, 15) is 8.42 Å². The summed E-state index contributed by atoms with van der Waals surface area (Å²) in [5.74, 6) is 0.521. The van der Waals surface area contributed by atoms with Crippen molar-refractivity contribution < 1.29 is 8.42 Å². The largest absolute Gasteiger partial charge is 0.309 e. The van der Waals surface area contributed by atoms with E-state index in [0.29, 0.717) is 12.2 Å². The lowest BCUT2D eigenvalue weighted by Crippen LogP contribution is -2.32. The van der Waals surface area contributed by atoms with Crippen molar-refractivity contribution in [2.45, 2.75) is 24.6 Å². The van der Waals surface area contributed by atoms with E-state index in [1.807, 2.05) is 25.1 Å². The van der Waals surface area contributed by atoms with Crippen LogP contribution in [0.4, 0.5) is 0 Å². The molecule has 0 spiro atoms. The van der Waals surface area contributed by atoms with Gasteiger partial charge >= 0.3 is 0 Å². The number of fused-ring (bicyclic) bond motifs is 3. The molecule has 1 aromatic rings. The van der Waals surface area contributed by atoms with Crippen molar-refractivity contribution in [2.24, 2.45) is 5.92 Å². The van der Waals surface area contributed by atoms with E-state index in [4.69, 9.17) is 0 Å². The van der Waals surface area contributed by atoms with Crippen molar-refractivity contribution in [1.29, 1.82) is 0 Å². The van der Waals surface area contributed by atoms with E-state index < -0.39 is 9.84 Å². The van der Waals surface area contributed by atoms with Gasteiger partial charge in [-0.25, -0.2) is 8.42 Å². The molecule has 0 saturated carbocycles. The van der Waals surface area contributed by atoms with E-state index in [-0.39, 0.29) is 17.2 Å². The van der Waals surface area contributed by atoms with Crippen LogP contribution < -0.4 is 5.32 Å². The molecule has 1 aliphatic heterocycles. The fourth-order valence-corrected chi connectivity index (χ4v) is 5.29. The molecule has 0 radical (unpaired) electrons. The molecule has 92 valence electrons. The Morgan fingerprint density at radius 3 is 2.88 bits per heavy atom. The van der Waals surface area contributed by atoms with Gasteiger partial charge in [0.1, 0.15) is 0 Å². The second-order valence-corrected chi connectivity index (χ2v) is 7.53. The summed E-state index contributed by atoms with van der Waals surface area (Å²) in [4.78, 5) is 0. The molecule has 0 amide bonds. The predicted molar refractivity (Wildman–Crippen MR) is 67.6 cm³/mol. The highest BCUT2D eigenvalue weighted by molar-refractivity contribution is 7.92. The van der Waals surface area contributed by atoms with Crippen LogP contribution in [0.3, 0.4) is 0 Å². The first-order valence-corrected chi connectivity index (χ1v) is 7.82. The predicted octanol–water partition coefficient (Wildman–Crippen LogP) is 1.31. The molecule has 1 N–H and O–H groups in total. The number of nitrogens with one attached hydrogen (secondary N) is 1. The van der Waals surface area contributed by atoms with Crippen molar-refractivity contribution in [3.63, 3.8) is 0 Å². The molecule has 1 fully saturated rings. The Kier molecular flexibility index (Phi) is 2.52. The first-order chi connectivity index (χ1) is 8.08. The Hall–Kier alpha value is -0.870. The molecule has 4 heteroatoms. The van der Waals surface area contributed by atoms with Crippen LogP contribution in [0, 0.1) is 5.92 Å². The van der Waals surface area contributed by atoms with E-state index in [0.717, 1.165) is 6.54 Å². The van der Waals surface area contributed by atoms with Gasteiger partial charge in [-0.1, -0.05) is 31.2 Å². The quantitative estimate of drug-likeness (QED) is 0.756. The average Bonchev–Trinajstić information content (AvgIpc) is 2.60. The first kappa shape index (κ1) is 11.2. The zero-order chi connectivity index (χ0) is 12.0. The van der Waals surface area contributed by atoms with Gasteiger partial charge in [0.2, 0.25) is 0 Å². The Morgan fingerprint density at radius 2 is 2.06 bits per heavy atom. The summed E-state index contributed by atoms with van der Waals surface area (Å²) in [7, 11) is -2.98. The maximum Gasteiger partial charge on any atom is 0.155 e. The topological polar surface area (TPSA) is 46.2 Å². The highest BCUT2D eigenvalue weighted by Crippen LogP contribution is 2.37. The van der Waals surface area contributed by atoms with Crippen LogP contribution in [0.1, 0.15) is 24.1 Å². The lowest BCUT2D eigenvalue weighted by Gasteiger charge is -2.17. The van der Waals surface area contributed by atoms with Gasteiger partial charge in [-0.15, -0.1) is 0 Å². The molecule has 0 bridgehead atoms. The Morgan fingerprint density at radius 1 is 1.29 bits per heavy atom. The van der Waals surface area contributed by atoms with Crippen molar-refractivity contribution >= 4 is 9.84 Å². The molecule has 17 heavy (non-hydrogen) atoms. The van der Waals surface area contributed by atoms with Crippen LogP contribution >= 0.6 is 0 Å². The number of benzene rings is 1. The first-order valence-electron chi connectivity index (χ1n) is 6.10. The summed E-state index contributed by atoms with van der Waals surface area (Å²) in [6, 6.07) is 8.08. The highest BCUT2D eigenvalue weighted by atomic mass is 32.2. The molecule has 1 saturated heterocycles. The zero-order valence-electron chi connectivity index (χ0n) is 9.89. The molecule has 3 unspecified atom stereocenters. The van der Waals surface area contributed by atoms with Crippen LogP contribution in [0.5, 0.6) is 0 Å². The van der Waals surface area contributed by atoms with E-state index in [2.05, 4.69) is 11.4 Å². The van der Waals surface area contributed by atoms with Crippen LogP contribution in [0.15, 0.2) is 24.3 Å². The lowest BCUT2D eigenvalue weighted by atomic mass is 10.1. The molecular weight excluding hydrogens is 234 g/mol. The monoisotopic (exact) mass is 251 g/mol. The lowest BCUT2D eigenvalue weighted by molar-refractivity contribution is 0.495. The molecule has 1 aromatic carbocycles. The molecule has 3 nitrogen and oxygen atoms in total. The summed E-state index contributed by atoms with van der Waals surface area (Å²) in [6.07, 6.45) is 0.670. The summed E-state index contributed by atoms with van der Waals surface area (Å²) in [6.45, 7) is 2.78. The second kappa shape index (κ2) is 3.82. The number of sulfone groups is 1. The number of rotatable bonds is 0. The van der Waals surface area contributed by atoms with E-state index in [1.165, 1.54) is 11.1 Å². The highest BCUT2D eigenvalue weighted by Gasteiger charge is 2.42. The van der Waals surface area contributed by atoms with E-state index >= 15 is 0 Å². The molecule has 3 atom stereocenters. The zero-order valence-corrected chi connectivity index (χ0v) is 10.7. The maximum absolute atomic E-state index is 12.3. The number of hydrogen-bond acceptors (Lipinski definition) is 3. The fourth-order valence-electron chi connectivity index (χ4n) is 3.04. The van der Waals surface area contributed by atoms with Crippen LogP contribution in [0.25, 0.3) is 0 Å². The molecule has 1 aliphatic carbocycles. The third kappa shape index (κ3) is 1.79. The smallest absolute Gasteiger partial charge is 0.155 e. The molecule has 3 rings (SSSR count). The van der Waals surface area contributed by atoms with E-state index in [1.54, 1.807) is 0 Å². The SMILES string of the molecule is CC1CNC2c3ccccc3CC2S(=O)(=O)C1. The summed E-state index contributed by atoms with van der Waals surface area (Å²) < 4.78 is 24.6. The van der Waals surface area contributed by atoms with Gasteiger partial charge in [-0.3, -0.25) is 0 Å². The minimum atomic E-state index is -2.98. The Bertz CT molecular complexity index is 538. The molecular formula is C13H17NO2S. The maximum atomic E-state index is 12.3. The van der Waals surface area contributed by atoms with Gasteiger partial charge in [0.05, 0.1) is 11.0 Å². The minimum absolute atomic E-state index is 0.00106. The number of hydrogen-bond donors (Lipinski definition) is 1. The van der Waals surface area contributed by atoms with Crippen molar-refractivity contribution in [3.05, 3.63) is 35.4 Å². The normalized spacial score (nSPS) is 34.8. The van der Waals surface area contributed by atoms with Gasteiger partial charge in [0, 0.05) is 6.04 Å². The van der Waals surface area contributed by atoms with Gasteiger partial charge < -0.3 is 5.32 Å².